The van der Waals surface area contributed by atoms with Gasteiger partial charge in [-0.2, -0.15) is 0 Å². The van der Waals surface area contributed by atoms with Gasteiger partial charge in [-0.25, -0.2) is 4.98 Å². The number of carbonyl (C=O) groups excluding carboxylic acids is 1. The molecule has 2 aromatic heterocycles. The molecule has 3 rings (SSSR count). The maximum atomic E-state index is 12.0. The van der Waals surface area contributed by atoms with Crippen molar-refractivity contribution in [1.82, 2.24) is 15.2 Å². The van der Waals surface area contributed by atoms with Gasteiger partial charge in [-0.15, -0.1) is 28.2 Å². The van der Waals surface area contributed by atoms with E-state index in [2.05, 4.69) is 20.5 Å². The maximum Gasteiger partial charge on any atom is 0.322 e. The number of nitrogens with one attached hydrogen (secondary N) is 1. The van der Waals surface area contributed by atoms with Gasteiger partial charge < -0.3 is 4.42 Å². The number of aromatic nitrogens is 3. The number of thiazole rings is 1. The largest absolute Gasteiger partial charge is 0.402 e. The summed E-state index contributed by atoms with van der Waals surface area (Å²) in [6.07, 6.45) is 0.371. The van der Waals surface area contributed by atoms with Crippen LogP contribution in [0.25, 0.3) is 10.8 Å². The van der Waals surface area contributed by atoms with E-state index in [-0.39, 0.29) is 11.9 Å². The summed E-state index contributed by atoms with van der Waals surface area (Å²) in [5, 5.41) is 11.4. The van der Waals surface area contributed by atoms with Gasteiger partial charge in [0, 0.05) is 17.1 Å². The standard InChI is InChI=1S/C16H16N4O2S2/c1-10-14(24-11(2)17-10)15-19-20-16(22-15)18-13(21)8-9-23-12-6-4-3-5-7-12/h3-7H,8-9H2,1-2H3,(H,18,20,21). The molecule has 0 fully saturated rings. The Morgan fingerprint density at radius 2 is 2.04 bits per heavy atom. The molecule has 0 aliphatic carbocycles. The first-order chi connectivity index (χ1) is 11.6. The molecule has 1 N–H and O–H groups in total. The predicted octanol–water partition coefficient (Wildman–Crippen LogP) is 3.93. The molecule has 6 nitrogen and oxygen atoms in total. The minimum Gasteiger partial charge on any atom is -0.402 e. The van der Waals surface area contributed by atoms with Crippen molar-refractivity contribution in [2.24, 2.45) is 0 Å². The minimum absolute atomic E-state index is 0.116. The van der Waals surface area contributed by atoms with E-state index in [1.165, 1.54) is 11.3 Å². The number of benzene rings is 1. The van der Waals surface area contributed by atoms with Gasteiger partial charge in [0.05, 0.1) is 10.7 Å². The van der Waals surface area contributed by atoms with E-state index in [1.807, 2.05) is 44.2 Å². The SMILES string of the molecule is Cc1nc(C)c(-c2nnc(NC(=O)CCSc3ccccc3)o2)s1. The Morgan fingerprint density at radius 1 is 1.25 bits per heavy atom. The molecule has 0 saturated heterocycles. The molecule has 0 aliphatic heterocycles. The maximum absolute atomic E-state index is 12.0. The van der Waals surface area contributed by atoms with Gasteiger partial charge in [-0.3, -0.25) is 10.1 Å². The van der Waals surface area contributed by atoms with Crippen LogP contribution in [0, 0.1) is 13.8 Å². The Morgan fingerprint density at radius 3 is 2.75 bits per heavy atom. The number of hydrogen-bond acceptors (Lipinski definition) is 7. The highest BCUT2D eigenvalue weighted by Crippen LogP contribution is 2.29. The fourth-order valence-corrected chi connectivity index (χ4v) is 3.77. The second-order valence-electron chi connectivity index (χ2n) is 5.02. The van der Waals surface area contributed by atoms with Crippen LogP contribution < -0.4 is 5.32 Å². The molecule has 0 aliphatic rings. The Bertz CT molecular complexity index is 830. The number of anilines is 1. The molecule has 0 unspecified atom stereocenters. The lowest BCUT2D eigenvalue weighted by Gasteiger charge is -2.01. The van der Waals surface area contributed by atoms with E-state index in [0.29, 0.717) is 18.1 Å². The normalized spacial score (nSPS) is 10.8. The first kappa shape index (κ1) is 16.7. The first-order valence-corrected chi connectivity index (χ1v) is 9.17. The second kappa shape index (κ2) is 7.59. The van der Waals surface area contributed by atoms with Crippen molar-refractivity contribution in [3.05, 3.63) is 41.0 Å². The number of nitrogens with zero attached hydrogens (tertiary/aromatic N) is 3. The van der Waals surface area contributed by atoms with Crippen molar-refractivity contribution in [2.75, 3.05) is 11.1 Å². The average molecular weight is 360 g/mol. The van der Waals surface area contributed by atoms with Crippen LogP contribution in [-0.4, -0.2) is 26.8 Å². The predicted molar refractivity (Wildman–Crippen MR) is 95.3 cm³/mol. The molecule has 24 heavy (non-hydrogen) atoms. The van der Waals surface area contributed by atoms with Gasteiger partial charge in [0.2, 0.25) is 5.91 Å². The van der Waals surface area contributed by atoms with Crippen LogP contribution in [0.4, 0.5) is 6.01 Å². The van der Waals surface area contributed by atoms with Crippen molar-refractivity contribution in [1.29, 1.82) is 0 Å². The number of aryl methyl sites for hydroxylation is 2. The lowest BCUT2D eigenvalue weighted by Crippen LogP contribution is -2.12. The van der Waals surface area contributed by atoms with E-state index in [9.17, 15) is 4.79 Å². The van der Waals surface area contributed by atoms with Crippen LogP contribution in [0.5, 0.6) is 0 Å². The van der Waals surface area contributed by atoms with E-state index >= 15 is 0 Å². The summed E-state index contributed by atoms with van der Waals surface area (Å²) >= 11 is 3.12. The summed E-state index contributed by atoms with van der Waals surface area (Å²) in [7, 11) is 0. The number of amides is 1. The molecule has 124 valence electrons. The van der Waals surface area contributed by atoms with Crippen LogP contribution in [0.2, 0.25) is 0 Å². The Hall–Kier alpha value is -2.19. The minimum atomic E-state index is -0.147. The number of thioether (sulfide) groups is 1. The highest BCUT2D eigenvalue weighted by Gasteiger charge is 2.16. The molecule has 8 heteroatoms. The fraction of sp³-hybridized carbons (Fsp3) is 0.250. The highest BCUT2D eigenvalue weighted by atomic mass is 32.2. The average Bonchev–Trinajstić information content (AvgIpc) is 3.14. The van der Waals surface area contributed by atoms with Crippen molar-refractivity contribution >= 4 is 35.0 Å². The van der Waals surface area contributed by atoms with Crippen molar-refractivity contribution in [3.63, 3.8) is 0 Å². The number of carbonyl (C=O) groups is 1. The second-order valence-corrected chi connectivity index (χ2v) is 7.39. The molecule has 0 atom stereocenters. The number of hydrogen-bond donors (Lipinski definition) is 1. The Balaban J connectivity index is 1.53. The third-order valence-corrected chi connectivity index (χ3v) is 5.18. The summed E-state index contributed by atoms with van der Waals surface area (Å²) in [6.45, 7) is 3.81. The third-order valence-electron chi connectivity index (χ3n) is 3.11. The van der Waals surface area contributed by atoms with Crippen LogP contribution in [0.1, 0.15) is 17.1 Å². The molecule has 0 radical (unpaired) electrons. The Kier molecular flexibility index (Phi) is 5.27. The van der Waals surface area contributed by atoms with Gasteiger partial charge >= 0.3 is 6.01 Å². The van der Waals surface area contributed by atoms with E-state index in [0.717, 1.165) is 20.5 Å². The van der Waals surface area contributed by atoms with E-state index in [1.54, 1.807) is 11.8 Å². The molecule has 0 bridgehead atoms. The van der Waals surface area contributed by atoms with Crippen LogP contribution >= 0.6 is 23.1 Å². The summed E-state index contributed by atoms with van der Waals surface area (Å²) in [6, 6.07) is 10.1. The van der Waals surface area contributed by atoms with Crippen molar-refractivity contribution in [3.8, 4) is 10.8 Å². The molecule has 1 aromatic carbocycles. The van der Waals surface area contributed by atoms with E-state index < -0.39 is 0 Å². The van der Waals surface area contributed by atoms with Gasteiger partial charge in [-0.1, -0.05) is 23.3 Å². The summed E-state index contributed by atoms with van der Waals surface area (Å²) in [5.41, 5.74) is 0.846. The summed E-state index contributed by atoms with van der Waals surface area (Å²) in [5.74, 6) is 0.919. The lowest BCUT2D eigenvalue weighted by atomic mass is 10.4. The monoisotopic (exact) mass is 360 g/mol. The van der Waals surface area contributed by atoms with E-state index in [4.69, 9.17) is 4.42 Å². The van der Waals surface area contributed by atoms with Gasteiger partial charge in [0.1, 0.15) is 4.88 Å². The zero-order valence-electron chi connectivity index (χ0n) is 13.3. The van der Waals surface area contributed by atoms with Crippen LogP contribution in [-0.2, 0) is 4.79 Å². The highest BCUT2D eigenvalue weighted by molar-refractivity contribution is 7.99. The van der Waals surface area contributed by atoms with Gasteiger partial charge in [-0.05, 0) is 26.0 Å². The molecular weight excluding hydrogens is 344 g/mol. The number of rotatable bonds is 6. The van der Waals surface area contributed by atoms with Crippen LogP contribution in [0.3, 0.4) is 0 Å². The fourth-order valence-electron chi connectivity index (χ4n) is 2.06. The summed E-state index contributed by atoms with van der Waals surface area (Å²) in [4.78, 5) is 18.3. The molecule has 3 aromatic rings. The van der Waals surface area contributed by atoms with Crippen LogP contribution in [0.15, 0.2) is 39.6 Å². The van der Waals surface area contributed by atoms with Gasteiger partial charge in [0.25, 0.3) is 5.89 Å². The zero-order valence-corrected chi connectivity index (χ0v) is 14.9. The zero-order chi connectivity index (χ0) is 16.9. The quantitative estimate of drug-likeness (QED) is 0.671. The van der Waals surface area contributed by atoms with Crippen molar-refractivity contribution < 1.29 is 9.21 Å². The summed E-state index contributed by atoms with van der Waals surface area (Å²) < 4.78 is 5.51. The third kappa shape index (κ3) is 4.21. The molecule has 0 spiro atoms. The first-order valence-electron chi connectivity index (χ1n) is 7.37. The topological polar surface area (TPSA) is 80.9 Å². The van der Waals surface area contributed by atoms with Crippen molar-refractivity contribution in [2.45, 2.75) is 25.2 Å². The molecule has 0 saturated carbocycles. The smallest absolute Gasteiger partial charge is 0.322 e. The molecule has 2 heterocycles. The lowest BCUT2D eigenvalue weighted by molar-refractivity contribution is -0.115. The van der Waals surface area contributed by atoms with Gasteiger partial charge in [0.15, 0.2) is 0 Å². The molecular formula is C16H16N4O2S2. The Labute approximate surface area is 147 Å². The molecule has 1 amide bonds.